The van der Waals surface area contributed by atoms with Gasteiger partial charge in [0.2, 0.25) is 5.91 Å². The number of thiazole rings is 1. The van der Waals surface area contributed by atoms with Crippen molar-refractivity contribution in [3.8, 4) is 0 Å². The Labute approximate surface area is 137 Å². The van der Waals surface area contributed by atoms with Crippen LogP contribution < -0.4 is 5.32 Å². The Morgan fingerprint density at radius 3 is 2.64 bits per heavy atom. The maximum Gasteiger partial charge on any atom is 0.237 e. The molecule has 0 aromatic carbocycles. The van der Waals surface area contributed by atoms with E-state index < -0.39 is 0 Å². The molecule has 1 amide bonds. The lowest BCUT2D eigenvalue weighted by atomic mass is 10.0. The smallest absolute Gasteiger partial charge is 0.237 e. The molecule has 1 atom stereocenters. The van der Waals surface area contributed by atoms with Crippen molar-refractivity contribution in [3.05, 3.63) is 16.6 Å². The van der Waals surface area contributed by atoms with Gasteiger partial charge in [0.1, 0.15) is 0 Å². The van der Waals surface area contributed by atoms with Crippen LogP contribution in [0.25, 0.3) is 0 Å². The van der Waals surface area contributed by atoms with E-state index in [0.717, 1.165) is 44.8 Å². The maximum absolute atomic E-state index is 12.4. The largest absolute Gasteiger partial charge is 0.350 e. The summed E-state index contributed by atoms with van der Waals surface area (Å²) in [5.74, 6) is 0.139. The van der Waals surface area contributed by atoms with Gasteiger partial charge in [0, 0.05) is 43.6 Å². The predicted octanol–water partition coefficient (Wildman–Crippen LogP) is 1.95. The number of carbonyl (C=O) groups excluding carboxylic acids is 1. The number of hydrogen-bond donors (Lipinski definition) is 1. The van der Waals surface area contributed by atoms with Crippen molar-refractivity contribution in [2.75, 3.05) is 26.2 Å². The van der Waals surface area contributed by atoms with Crippen molar-refractivity contribution in [2.24, 2.45) is 0 Å². The Kier molecular flexibility index (Phi) is 5.94. The lowest BCUT2D eigenvalue weighted by Gasteiger charge is -2.38. The summed E-state index contributed by atoms with van der Waals surface area (Å²) in [6.45, 7) is 13.0. The summed E-state index contributed by atoms with van der Waals surface area (Å²) >= 11 is 1.64. The van der Waals surface area contributed by atoms with Crippen LogP contribution in [0.1, 0.15) is 39.8 Å². The molecule has 1 fully saturated rings. The van der Waals surface area contributed by atoms with Gasteiger partial charge in [-0.2, -0.15) is 0 Å². The first-order valence-corrected chi connectivity index (χ1v) is 9.01. The minimum atomic E-state index is -0.127. The molecule has 124 valence electrons. The highest BCUT2D eigenvalue weighted by Gasteiger charge is 2.28. The van der Waals surface area contributed by atoms with Crippen LogP contribution in [0.3, 0.4) is 0 Å². The molecule has 1 aliphatic heterocycles. The van der Waals surface area contributed by atoms with Crippen LogP contribution in [0.2, 0.25) is 0 Å². The van der Waals surface area contributed by atoms with Crippen LogP contribution in [0.4, 0.5) is 0 Å². The van der Waals surface area contributed by atoms with Gasteiger partial charge >= 0.3 is 0 Å². The van der Waals surface area contributed by atoms with Crippen molar-refractivity contribution < 1.29 is 4.79 Å². The third-order valence-electron chi connectivity index (χ3n) is 4.55. The van der Waals surface area contributed by atoms with Crippen molar-refractivity contribution in [3.63, 3.8) is 0 Å². The quantitative estimate of drug-likeness (QED) is 0.869. The predicted molar refractivity (Wildman–Crippen MR) is 90.9 cm³/mol. The first kappa shape index (κ1) is 17.4. The van der Waals surface area contributed by atoms with Crippen LogP contribution in [-0.4, -0.2) is 58.5 Å². The second kappa shape index (κ2) is 7.53. The van der Waals surface area contributed by atoms with Crippen molar-refractivity contribution >= 4 is 17.2 Å². The number of carbonyl (C=O) groups is 1. The fraction of sp³-hybridized carbons (Fsp3) is 0.750. The Hall–Kier alpha value is -0.980. The molecule has 5 nitrogen and oxygen atoms in total. The van der Waals surface area contributed by atoms with E-state index >= 15 is 0 Å². The summed E-state index contributed by atoms with van der Waals surface area (Å²) in [7, 11) is 0. The standard InChI is InChI=1S/C16H28N4OS/c1-5-16(3,4)18-15(21)13(2)20-8-6-19(7-9-20)10-14-11-22-12-17-14/h11-13H,5-10H2,1-4H3,(H,18,21)/t13-/m1/s1. The lowest BCUT2D eigenvalue weighted by Crippen LogP contribution is -2.56. The van der Waals surface area contributed by atoms with Crippen molar-refractivity contribution in [1.82, 2.24) is 20.1 Å². The van der Waals surface area contributed by atoms with Crippen LogP contribution in [0, 0.1) is 0 Å². The van der Waals surface area contributed by atoms with Crippen LogP contribution >= 0.6 is 11.3 Å². The minimum Gasteiger partial charge on any atom is -0.350 e. The number of nitrogens with one attached hydrogen (secondary N) is 1. The van der Waals surface area contributed by atoms with Crippen LogP contribution in [-0.2, 0) is 11.3 Å². The van der Waals surface area contributed by atoms with Crippen LogP contribution in [0.5, 0.6) is 0 Å². The van der Waals surface area contributed by atoms with E-state index in [1.807, 2.05) is 12.4 Å². The molecule has 1 N–H and O–H groups in total. The van der Waals surface area contributed by atoms with Gasteiger partial charge in [-0.15, -0.1) is 11.3 Å². The molecule has 0 saturated carbocycles. The second-order valence-corrected chi connectivity index (χ2v) is 7.41. The van der Waals surface area contributed by atoms with Gasteiger partial charge in [0.15, 0.2) is 0 Å². The molecule has 2 heterocycles. The second-order valence-electron chi connectivity index (χ2n) is 6.69. The molecule has 1 aliphatic rings. The van der Waals surface area contributed by atoms with E-state index in [1.54, 1.807) is 11.3 Å². The van der Waals surface area contributed by atoms with E-state index in [9.17, 15) is 4.79 Å². The van der Waals surface area contributed by atoms with E-state index in [-0.39, 0.29) is 17.5 Å². The molecule has 2 rings (SSSR count). The van der Waals surface area contributed by atoms with Gasteiger partial charge in [0.05, 0.1) is 17.2 Å². The summed E-state index contributed by atoms with van der Waals surface area (Å²) in [5, 5.41) is 5.25. The third-order valence-corrected chi connectivity index (χ3v) is 5.18. The van der Waals surface area contributed by atoms with Gasteiger partial charge in [-0.25, -0.2) is 4.98 Å². The van der Waals surface area contributed by atoms with E-state index in [4.69, 9.17) is 0 Å². The molecule has 1 saturated heterocycles. The highest BCUT2D eigenvalue weighted by molar-refractivity contribution is 7.07. The summed E-state index contributed by atoms with van der Waals surface area (Å²) in [4.78, 5) is 21.4. The van der Waals surface area contributed by atoms with Gasteiger partial charge in [-0.1, -0.05) is 6.92 Å². The maximum atomic E-state index is 12.4. The molecule has 1 aromatic rings. The first-order chi connectivity index (χ1) is 10.4. The summed E-state index contributed by atoms with van der Waals surface area (Å²) in [6.07, 6.45) is 0.937. The zero-order valence-corrected chi connectivity index (χ0v) is 14.9. The number of piperazine rings is 1. The molecule has 0 aliphatic carbocycles. The topological polar surface area (TPSA) is 48.5 Å². The molecular weight excluding hydrogens is 296 g/mol. The number of nitrogens with zero attached hydrogens (tertiary/aromatic N) is 3. The monoisotopic (exact) mass is 324 g/mol. The lowest BCUT2D eigenvalue weighted by molar-refractivity contribution is -0.128. The SMILES string of the molecule is CCC(C)(C)NC(=O)[C@@H](C)N1CCN(Cc2cscn2)CC1. The highest BCUT2D eigenvalue weighted by atomic mass is 32.1. The molecular formula is C16H28N4OS. The number of rotatable bonds is 6. The van der Waals surface area contributed by atoms with Gasteiger partial charge in [-0.05, 0) is 27.2 Å². The molecule has 0 unspecified atom stereocenters. The number of amides is 1. The van der Waals surface area contributed by atoms with Gasteiger partial charge < -0.3 is 5.32 Å². The zero-order valence-electron chi connectivity index (χ0n) is 14.1. The fourth-order valence-electron chi connectivity index (χ4n) is 2.55. The summed E-state index contributed by atoms with van der Waals surface area (Å²) in [6, 6.07) is -0.0627. The van der Waals surface area contributed by atoms with Crippen LogP contribution in [0.15, 0.2) is 10.9 Å². The van der Waals surface area contributed by atoms with Crippen molar-refractivity contribution in [2.45, 2.75) is 52.2 Å². The van der Waals surface area contributed by atoms with E-state index in [2.05, 4.69) is 46.3 Å². The molecule has 0 radical (unpaired) electrons. The average Bonchev–Trinajstić information content (AvgIpc) is 3.00. The molecule has 6 heteroatoms. The Morgan fingerprint density at radius 1 is 1.41 bits per heavy atom. The summed E-state index contributed by atoms with van der Waals surface area (Å²) < 4.78 is 0. The summed E-state index contributed by atoms with van der Waals surface area (Å²) in [5.41, 5.74) is 2.90. The third kappa shape index (κ3) is 4.76. The Bertz CT molecular complexity index is 467. The van der Waals surface area contributed by atoms with Gasteiger partial charge in [0.25, 0.3) is 0 Å². The first-order valence-electron chi connectivity index (χ1n) is 8.07. The fourth-order valence-corrected chi connectivity index (χ4v) is 3.10. The Balaban J connectivity index is 1.79. The van der Waals surface area contributed by atoms with E-state index in [0.29, 0.717) is 0 Å². The van der Waals surface area contributed by atoms with Crippen molar-refractivity contribution in [1.29, 1.82) is 0 Å². The Morgan fingerprint density at radius 2 is 2.09 bits per heavy atom. The molecule has 0 bridgehead atoms. The number of hydrogen-bond acceptors (Lipinski definition) is 5. The average molecular weight is 324 g/mol. The zero-order chi connectivity index (χ0) is 16.2. The molecule has 22 heavy (non-hydrogen) atoms. The molecule has 0 spiro atoms. The number of aromatic nitrogens is 1. The minimum absolute atomic E-state index is 0.0627. The highest BCUT2D eigenvalue weighted by Crippen LogP contribution is 2.13. The normalized spacial score (nSPS) is 19.1. The molecule has 1 aromatic heterocycles. The van der Waals surface area contributed by atoms with Gasteiger partial charge in [-0.3, -0.25) is 14.6 Å². The van der Waals surface area contributed by atoms with E-state index in [1.165, 1.54) is 0 Å².